The van der Waals surface area contributed by atoms with Crippen LogP contribution in [-0.2, 0) is 9.59 Å². The van der Waals surface area contributed by atoms with Gasteiger partial charge in [-0.2, -0.15) is 0 Å². The second-order valence-corrected chi connectivity index (χ2v) is 10.1. The summed E-state index contributed by atoms with van der Waals surface area (Å²) >= 11 is 0. The number of nitrogens with zero attached hydrogens (tertiary/aromatic N) is 1. The molecule has 7 heteroatoms. The first-order valence-electron chi connectivity index (χ1n) is 11.9. The van der Waals surface area contributed by atoms with Gasteiger partial charge in [0.1, 0.15) is 11.6 Å². The van der Waals surface area contributed by atoms with Crippen LogP contribution in [0.3, 0.4) is 0 Å². The zero-order valence-electron chi connectivity index (χ0n) is 20.1. The highest BCUT2D eigenvalue weighted by atomic mass is 19.1. The molecule has 0 bridgehead atoms. The third kappa shape index (κ3) is 4.73. The van der Waals surface area contributed by atoms with Gasteiger partial charge in [-0.15, -0.1) is 0 Å². The van der Waals surface area contributed by atoms with Gasteiger partial charge in [0.15, 0.2) is 5.78 Å². The van der Waals surface area contributed by atoms with Crippen LogP contribution in [0.4, 0.5) is 25.8 Å². The number of ketones is 1. The standard InChI is InChI=1S/C29H27F2N3O2/c1-29(2)15-23-27(25(35)16-29)28(18-10-12-19(30)13-11-18)34(24-9-4-3-8-22(24)33-23)17-26(36)32-21-7-5-6-20(31)14-21/h3-14,28,33H,15-17H2,1-2H3,(H,32,36)/t28-/m0/s1. The number of rotatable bonds is 4. The Morgan fingerprint density at radius 3 is 2.50 bits per heavy atom. The predicted molar refractivity (Wildman–Crippen MR) is 137 cm³/mol. The summed E-state index contributed by atoms with van der Waals surface area (Å²) in [6, 6.07) is 18.7. The molecule has 5 rings (SSSR count). The van der Waals surface area contributed by atoms with Gasteiger partial charge in [0.05, 0.1) is 24.0 Å². The van der Waals surface area contributed by atoms with E-state index in [-0.39, 0.29) is 29.5 Å². The molecule has 1 aliphatic heterocycles. The molecule has 1 amide bonds. The molecule has 2 aliphatic rings. The van der Waals surface area contributed by atoms with Crippen LogP contribution in [0.15, 0.2) is 84.1 Å². The number of allylic oxidation sites excluding steroid dienone is 1. The van der Waals surface area contributed by atoms with Crippen LogP contribution >= 0.6 is 0 Å². The van der Waals surface area contributed by atoms with E-state index in [1.165, 1.54) is 30.3 Å². The number of Topliss-reactive ketones (excluding diaryl/α,β-unsaturated/α-hetero) is 1. The fraction of sp³-hybridized carbons (Fsp3) is 0.241. The maximum absolute atomic E-state index is 13.9. The molecule has 1 atom stereocenters. The largest absolute Gasteiger partial charge is 0.357 e. The van der Waals surface area contributed by atoms with Crippen LogP contribution in [-0.4, -0.2) is 18.2 Å². The second kappa shape index (κ2) is 9.22. The SMILES string of the molecule is CC1(C)CC(=O)C2=C(C1)Nc1ccccc1N(CC(=O)Nc1cccc(F)c1)[C@H]2c1ccc(F)cc1. The summed E-state index contributed by atoms with van der Waals surface area (Å²) in [6.07, 6.45) is 1.02. The highest BCUT2D eigenvalue weighted by Crippen LogP contribution is 2.48. The second-order valence-electron chi connectivity index (χ2n) is 10.1. The smallest absolute Gasteiger partial charge is 0.243 e. The minimum atomic E-state index is -0.612. The number of benzene rings is 3. The first kappa shape index (κ1) is 23.7. The number of hydrogen-bond donors (Lipinski definition) is 2. The Hall–Kier alpha value is -4.00. The van der Waals surface area contributed by atoms with Crippen molar-refractivity contribution in [2.45, 2.75) is 32.7 Å². The first-order valence-corrected chi connectivity index (χ1v) is 11.9. The van der Waals surface area contributed by atoms with Crippen molar-refractivity contribution in [2.75, 3.05) is 22.1 Å². The highest BCUT2D eigenvalue weighted by molar-refractivity contribution is 6.02. The monoisotopic (exact) mass is 487 g/mol. The Balaban J connectivity index is 1.63. The number of amides is 1. The maximum Gasteiger partial charge on any atom is 0.243 e. The quantitative estimate of drug-likeness (QED) is 0.459. The summed E-state index contributed by atoms with van der Waals surface area (Å²) in [7, 11) is 0. The molecule has 1 aliphatic carbocycles. The molecule has 0 fully saturated rings. The molecule has 36 heavy (non-hydrogen) atoms. The lowest BCUT2D eigenvalue weighted by Gasteiger charge is -2.37. The van der Waals surface area contributed by atoms with Gasteiger partial charge in [0.2, 0.25) is 5.91 Å². The van der Waals surface area contributed by atoms with Crippen molar-refractivity contribution in [1.82, 2.24) is 0 Å². The summed E-state index contributed by atoms with van der Waals surface area (Å²) in [4.78, 5) is 28.7. The average Bonchev–Trinajstić information content (AvgIpc) is 2.93. The van der Waals surface area contributed by atoms with Crippen molar-refractivity contribution in [3.63, 3.8) is 0 Å². The number of carbonyl (C=O) groups is 2. The van der Waals surface area contributed by atoms with Crippen molar-refractivity contribution in [2.24, 2.45) is 5.41 Å². The molecule has 5 nitrogen and oxygen atoms in total. The summed E-state index contributed by atoms with van der Waals surface area (Å²) in [5.74, 6) is -1.21. The first-order chi connectivity index (χ1) is 17.2. The van der Waals surface area contributed by atoms with Gasteiger partial charge in [-0.1, -0.05) is 44.2 Å². The van der Waals surface area contributed by atoms with E-state index in [1.54, 1.807) is 18.2 Å². The van der Waals surface area contributed by atoms with Crippen LogP contribution in [0, 0.1) is 17.0 Å². The van der Waals surface area contributed by atoms with E-state index >= 15 is 0 Å². The van der Waals surface area contributed by atoms with Gasteiger partial charge in [-0.05, 0) is 59.9 Å². The average molecular weight is 488 g/mol. The Bertz CT molecular complexity index is 1360. The number of fused-ring (bicyclic) bond motifs is 1. The van der Waals surface area contributed by atoms with E-state index in [0.29, 0.717) is 29.7 Å². The van der Waals surface area contributed by atoms with Crippen LogP contribution in [0.5, 0.6) is 0 Å². The van der Waals surface area contributed by atoms with Crippen molar-refractivity contribution >= 4 is 28.8 Å². The van der Waals surface area contributed by atoms with E-state index < -0.39 is 11.9 Å². The number of carbonyl (C=O) groups excluding carboxylic acids is 2. The summed E-state index contributed by atoms with van der Waals surface area (Å²) in [5.41, 5.74) is 3.72. The van der Waals surface area contributed by atoms with E-state index in [0.717, 1.165) is 17.1 Å². The Morgan fingerprint density at radius 1 is 1.00 bits per heavy atom. The van der Waals surface area contributed by atoms with Gasteiger partial charge in [-0.3, -0.25) is 9.59 Å². The molecule has 0 radical (unpaired) electrons. The van der Waals surface area contributed by atoms with E-state index in [2.05, 4.69) is 24.5 Å². The van der Waals surface area contributed by atoms with Crippen LogP contribution < -0.4 is 15.5 Å². The number of halogens is 2. The number of hydrogen-bond acceptors (Lipinski definition) is 4. The third-order valence-corrected chi connectivity index (χ3v) is 6.61. The predicted octanol–water partition coefficient (Wildman–Crippen LogP) is 6.22. The number of nitrogens with one attached hydrogen (secondary N) is 2. The van der Waals surface area contributed by atoms with Gasteiger partial charge < -0.3 is 15.5 Å². The zero-order valence-corrected chi connectivity index (χ0v) is 20.1. The molecule has 2 N–H and O–H groups in total. The van der Waals surface area contributed by atoms with Gasteiger partial charge >= 0.3 is 0 Å². The Labute approximate surface area is 208 Å². The summed E-state index contributed by atoms with van der Waals surface area (Å²) in [5, 5.41) is 6.24. The maximum atomic E-state index is 13.9. The van der Waals surface area contributed by atoms with Crippen molar-refractivity contribution in [3.8, 4) is 0 Å². The minimum absolute atomic E-state index is 0.00794. The van der Waals surface area contributed by atoms with Crippen LogP contribution in [0.25, 0.3) is 0 Å². The number of para-hydroxylation sites is 2. The fourth-order valence-corrected chi connectivity index (χ4v) is 5.14. The van der Waals surface area contributed by atoms with Gasteiger partial charge in [0, 0.05) is 23.4 Å². The molecule has 0 aromatic heterocycles. The van der Waals surface area contributed by atoms with Crippen LogP contribution in [0.1, 0.15) is 38.3 Å². The third-order valence-electron chi connectivity index (χ3n) is 6.61. The lowest BCUT2D eigenvalue weighted by molar-refractivity contribution is -0.119. The zero-order chi connectivity index (χ0) is 25.4. The van der Waals surface area contributed by atoms with E-state index in [1.807, 2.05) is 29.2 Å². The molecule has 0 spiro atoms. The van der Waals surface area contributed by atoms with Gasteiger partial charge in [0.25, 0.3) is 0 Å². The van der Waals surface area contributed by atoms with Crippen molar-refractivity contribution in [1.29, 1.82) is 0 Å². The lowest BCUT2D eigenvalue weighted by Crippen LogP contribution is -2.40. The molecule has 3 aromatic rings. The summed E-state index contributed by atoms with van der Waals surface area (Å²) in [6.45, 7) is 4.01. The topological polar surface area (TPSA) is 61.4 Å². The van der Waals surface area contributed by atoms with Crippen LogP contribution in [0.2, 0.25) is 0 Å². The van der Waals surface area contributed by atoms with E-state index in [4.69, 9.17) is 0 Å². The molecule has 1 heterocycles. The molecular formula is C29H27F2N3O2. The Kier molecular flexibility index (Phi) is 6.08. The normalized spacial score (nSPS) is 18.6. The van der Waals surface area contributed by atoms with Gasteiger partial charge in [-0.25, -0.2) is 8.78 Å². The minimum Gasteiger partial charge on any atom is -0.357 e. The molecule has 0 saturated heterocycles. The lowest BCUT2D eigenvalue weighted by atomic mass is 9.73. The molecule has 184 valence electrons. The Morgan fingerprint density at radius 2 is 1.75 bits per heavy atom. The molecule has 0 unspecified atom stereocenters. The fourth-order valence-electron chi connectivity index (χ4n) is 5.14. The van der Waals surface area contributed by atoms with Crippen molar-refractivity contribution < 1.29 is 18.4 Å². The molecular weight excluding hydrogens is 460 g/mol. The highest BCUT2D eigenvalue weighted by Gasteiger charge is 2.41. The summed E-state index contributed by atoms with van der Waals surface area (Å²) < 4.78 is 27.6. The van der Waals surface area contributed by atoms with Crippen molar-refractivity contribution in [3.05, 3.63) is 101 Å². The van der Waals surface area contributed by atoms with E-state index in [9.17, 15) is 18.4 Å². The number of anilines is 3. The molecule has 0 saturated carbocycles. The molecule has 3 aromatic carbocycles.